The molecular weight excluding hydrogens is 446 g/mol. The van der Waals surface area contributed by atoms with Gasteiger partial charge in [-0.3, -0.25) is 9.59 Å². The van der Waals surface area contributed by atoms with Crippen LogP contribution in [0.4, 0.5) is 0 Å². The molecule has 1 aromatic carbocycles. The number of rotatable bonds is 8. The summed E-state index contributed by atoms with van der Waals surface area (Å²) in [7, 11) is 0. The molecule has 166 valence electrons. The highest BCUT2D eigenvalue weighted by Gasteiger charge is 2.28. The number of aliphatic imine (C=N–C) groups is 1. The van der Waals surface area contributed by atoms with Crippen LogP contribution in [-0.4, -0.2) is 31.1 Å². The second-order valence-corrected chi connectivity index (χ2v) is 8.80. The lowest BCUT2D eigenvalue weighted by Crippen LogP contribution is -2.33. The normalized spacial score (nSPS) is 16.0. The number of hydrogen-bond donors (Lipinski definition) is 2. The third kappa shape index (κ3) is 5.75. The number of allylic oxidation sites excluding steroid dienone is 4. The zero-order valence-electron chi connectivity index (χ0n) is 17.9. The molecule has 1 atom stereocenters. The molecule has 8 heteroatoms. The van der Waals surface area contributed by atoms with Crippen molar-refractivity contribution in [1.82, 2.24) is 5.32 Å². The summed E-state index contributed by atoms with van der Waals surface area (Å²) in [6, 6.07) is 7.51. The van der Waals surface area contributed by atoms with E-state index in [0.29, 0.717) is 34.4 Å². The fourth-order valence-electron chi connectivity index (χ4n) is 3.19. The maximum absolute atomic E-state index is 12.2. The van der Waals surface area contributed by atoms with Crippen LogP contribution >= 0.6 is 22.9 Å². The third-order valence-corrected chi connectivity index (χ3v) is 6.37. The van der Waals surface area contributed by atoms with Crippen molar-refractivity contribution < 1.29 is 14.3 Å². The van der Waals surface area contributed by atoms with Gasteiger partial charge in [-0.15, -0.1) is 11.3 Å². The van der Waals surface area contributed by atoms with E-state index in [1.807, 2.05) is 25.1 Å². The number of fused-ring (bicyclic) bond motifs is 1. The highest BCUT2D eigenvalue weighted by Crippen LogP contribution is 2.43. The fourth-order valence-corrected chi connectivity index (χ4v) is 4.36. The number of Topliss-reactive ketones (excluding diaryl/α,β-unsaturated/α-hetero) is 1. The van der Waals surface area contributed by atoms with Crippen LogP contribution < -0.4 is 15.8 Å². The minimum atomic E-state index is -0.230. The van der Waals surface area contributed by atoms with Gasteiger partial charge < -0.3 is 15.8 Å². The van der Waals surface area contributed by atoms with Crippen molar-refractivity contribution in [3.05, 3.63) is 75.4 Å². The van der Waals surface area contributed by atoms with Crippen LogP contribution in [0, 0.1) is 0 Å². The lowest BCUT2D eigenvalue weighted by atomic mass is 10.0. The number of ether oxygens (including phenoxy) is 1. The number of ketones is 1. The molecule has 2 heterocycles. The molecule has 0 saturated heterocycles. The van der Waals surface area contributed by atoms with Gasteiger partial charge in [-0.1, -0.05) is 35.4 Å². The average Bonchev–Trinajstić information content (AvgIpc) is 3.43. The number of carbonyl (C=O) groups excluding carboxylic acids is 2. The number of nitrogens with zero attached hydrogens (tertiary/aromatic N) is 1. The highest BCUT2D eigenvalue weighted by atomic mass is 35.5. The van der Waals surface area contributed by atoms with Crippen molar-refractivity contribution in [2.75, 3.05) is 6.54 Å². The van der Waals surface area contributed by atoms with E-state index >= 15 is 0 Å². The van der Waals surface area contributed by atoms with E-state index in [0.717, 1.165) is 21.6 Å². The van der Waals surface area contributed by atoms with E-state index in [1.54, 1.807) is 31.2 Å². The van der Waals surface area contributed by atoms with Crippen LogP contribution in [0.3, 0.4) is 0 Å². The van der Waals surface area contributed by atoms with Gasteiger partial charge in [0.1, 0.15) is 17.7 Å². The van der Waals surface area contributed by atoms with Crippen molar-refractivity contribution in [1.29, 1.82) is 0 Å². The molecular formula is C24H24ClN3O3S. The number of amides is 1. The molecule has 0 spiro atoms. The van der Waals surface area contributed by atoms with E-state index in [1.165, 1.54) is 17.4 Å². The molecule has 0 saturated carbocycles. The Balaban J connectivity index is 1.64. The number of halogens is 1. The summed E-state index contributed by atoms with van der Waals surface area (Å²) in [6.07, 6.45) is 6.88. The molecule has 2 aromatic rings. The first-order chi connectivity index (χ1) is 15.3. The molecule has 6 nitrogen and oxygen atoms in total. The first-order valence-corrected chi connectivity index (χ1v) is 11.1. The van der Waals surface area contributed by atoms with E-state index in [4.69, 9.17) is 22.1 Å². The van der Waals surface area contributed by atoms with Crippen LogP contribution in [0.1, 0.15) is 29.1 Å². The van der Waals surface area contributed by atoms with Gasteiger partial charge in [0, 0.05) is 22.9 Å². The molecule has 1 amide bonds. The highest BCUT2D eigenvalue weighted by molar-refractivity contribution is 7.17. The Morgan fingerprint density at radius 1 is 1.28 bits per heavy atom. The van der Waals surface area contributed by atoms with Crippen molar-refractivity contribution >= 4 is 41.3 Å². The number of hydrogen-bond acceptors (Lipinski definition) is 6. The molecule has 0 aliphatic carbocycles. The van der Waals surface area contributed by atoms with E-state index in [2.05, 4.69) is 17.0 Å². The van der Waals surface area contributed by atoms with Crippen molar-refractivity contribution in [2.24, 2.45) is 10.7 Å². The maximum Gasteiger partial charge on any atom is 0.244 e. The summed E-state index contributed by atoms with van der Waals surface area (Å²) in [6.45, 7) is 7.08. The molecule has 1 unspecified atom stereocenters. The van der Waals surface area contributed by atoms with Gasteiger partial charge in [0.05, 0.1) is 16.4 Å². The monoisotopic (exact) mass is 469 g/mol. The Kier molecular flexibility index (Phi) is 7.66. The zero-order chi connectivity index (χ0) is 23.3. The van der Waals surface area contributed by atoms with Gasteiger partial charge >= 0.3 is 0 Å². The number of thiophene rings is 1. The maximum atomic E-state index is 12.2. The predicted octanol–water partition coefficient (Wildman–Crippen LogP) is 4.69. The first-order valence-electron chi connectivity index (χ1n) is 9.94. The van der Waals surface area contributed by atoms with E-state index in [-0.39, 0.29) is 17.8 Å². The van der Waals surface area contributed by atoms with Gasteiger partial charge in [0.2, 0.25) is 5.91 Å². The van der Waals surface area contributed by atoms with Gasteiger partial charge in [-0.25, -0.2) is 4.99 Å². The van der Waals surface area contributed by atoms with Gasteiger partial charge in [-0.05, 0) is 50.4 Å². The minimum absolute atomic E-state index is 0.0405. The Morgan fingerprint density at radius 3 is 2.75 bits per heavy atom. The Bertz CT molecular complexity index is 1150. The second kappa shape index (κ2) is 10.4. The quantitative estimate of drug-likeness (QED) is 0.254. The largest absolute Gasteiger partial charge is 0.486 e. The Hall–Kier alpha value is -3.16. The van der Waals surface area contributed by atoms with Crippen LogP contribution in [0.15, 0.2) is 65.0 Å². The first kappa shape index (κ1) is 23.5. The minimum Gasteiger partial charge on any atom is -0.486 e. The van der Waals surface area contributed by atoms with Crippen LogP contribution in [0.5, 0.6) is 5.75 Å². The summed E-state index contributed by atoms with van der Waals surface area (Å²) < 4.78 is 6.02. The molecule has 0 radical (unpaired) electrons. The van der Waals surface area contributed by atoms with Gasteiger partial charge in [-0.2, -0.15) is 0 Å². The number of carbonyl (C=O) groups is 2. The number of benzene rings is 1. The van der Waals surface area contributed by atoms with E-state index < -0.39 is 0 Å². The zero-order valence-corrected chi connectivity index (χ0v) is 19.4. The van der Waals surface area contributed by atoms with Crippen LogP contribution in [0.2, 0.25) is 5.02 Å². The molecule has 0 bridgehead atoms. The van der Waals surface area contributed by atoms with Gasteiger partial charge in [0.15, 0.2) is 5.78 Å². The fraction of sp³-hybridized carbons (Fsp3) is 0.208. The molecule has 1 aliphatic rings. The topological polar surface area (TPSA) is 93.8 Å². The summed E-state index contributed by atoms with van der Waals surface area (Å²) in [5, 5.41) is 3.39. The molecule has 32 heavy (non-hydrogen) atoms. The lowest BCUT2D eigenvalue weighted by molar-refractivity contribution is -0.116. The SMILES string of the molecule is C=N\C(N)=C/C=C(C)/C=C/C(=O)NCC1Cc2c(-c3ccc(C(C)=O)s3)ccc(Cl)c2O1. The summed E-state index contributed by atoms with van der Waals surface area (Å²) in [5.74, 6) is 0.749. The molecule has 0 fully saturated rings. The summed E-state index contributed by atoms with van der Waals surface area (Å²) >= 11 is 7.80. The van der Waals surface area contributed by atoms with Crippen LogP contribution in [-0.2, 0) is 11.2 Å². The molecule has 3 rings (SSSR count). The summed E-state index contributed by atoms with van der Waals surface area (Å²) in [4.78, 5) is 29.1. The summed E-state index contributed by atoms with van der Waals surface area (Å²) in [5.41, 5.74) is 8.38. The lowest BCUT2D eigenvalue weighted by Gasteiger charge is -2.11. The third-order valence-electron chi connectivity index (χ3n) is 4.85. The average molecular weight is 470 g/mol. The van der Waals surface area contributed by atoms with Gasteiger partial charge in [0.25, 0.3) is 0 Å². The number of nitrogens with two attached hydrogens (primary N) is 1. The smallest absolute Gasteiger partial charge is 0.244 e. The molecule has 1 aliphatic heterocycles. The molecule has 3 N–H and O–H groups in total. The van der Waals surface area contributed by atoms with E-state index in [9.17, 15) is 9.59 Å². The predicted molar refractivity (Wildman–Crippen MR) is 131 cm³/mol. The standard InChI is InChI=1S/C24H24ClN3O3S/c1-14(4-10-22(26)27-3)5-11-23(30)28-13-16-12-18-17(6-7-19(25)24(18)31-16)21-9-8-20(32-21)15(2)29/h4-11,16H,3,12-13,26H2,1-2H3,(H,28,30)/b11-5+,14-4+,22-10-. The van der Waals surface area contributed by atoms with Crippen molar-refractivity contribution in [3.63, 3.8) is 0 Å². The van der Waals surface area contributed by atoms with Crippen molar-refractivity contribution in [3.8, 4) is 16.2 Å². The Morgan fingerprint density at radius 2 is 2.06 bits per heavy atom. The Labute approximate surface area is 196 Å². The molecule has 1 aromatic heterocycles. The van der Waals surface area contributed by atoms with Crippen LogP contribution in [0.25, 0.3) is 10.4 Å². The van der Waals surface area contributed by atoms with Crippen molar-refractivity contribution in [2.45, 2.75) is 26.4 Å². The second-order valence-electron chi connectivity index (χ2n) is 7.31. The number of nitrogens with one attached hydrogen (secondary N) is 1.